The fourth-order valence-electron chi connectivity index (χ4n) is 1.19. The Bertz CT molecular complexity index is 354. The molecule has 0 saturated heterocycles. The van der Waals surface area contributed by atoms with Crippen molar-refractivity contribution >= 4 is 17.3 Å². The molecule has 0 spiro atoms. The Balaban J connectivity index is 3.22. The molecule has 0 saturated carbocycles. The number of hydrogen-bond acceptors (Lipinski definition) is 3. The molecule has 0 aromatic heterocycles. The minimum Gasteiger partial charge on any atom is -0.387 e. The number of benzene rings is 1. The zero-order chi connectivity index (χ0) is 10.7. The first kappa shape index (κ1) is 10.9. The number of alkyl halides is 1. The predicted molar refractivity (Wildman–Crippen MR) is 53.5 cm³/mol. The molecule has 0 aliphatic rings. The van der Waals surface area contributed by atoms with Crippen molar-refractivity contribution in [3.63, 3.8) is 0 Å². The highest BCUT2D eigenvalue weighted by atomic mass is 35.5. The second-order valence-corrected chi connectivity index (χ2v) is 3.30. The first-order valence-electron chi connectivity index (χ1n) is 4.05. The number of halogens is 1. The summed E-state index contributed by atoms with van der Waals surface area (Å²) in [6.07, 6.45) is -0.989. The van der Waals surface area contributed by atoms with E-state index in [1.54, 1.807) is 19.1 Å². The number of aliphatic hydroxyl groups is 1. The number of rotatable bonds is 3. The highest BCUT2D eigenvalue weighted by molar-refractivity contribution is 6.18. The molecule has 0 radical (unpaired) electrons. The fraction of sp³-hybridized carbons (Fsp3) is 0.333. The number of hydrogen-bond donors (Lipinski definition) is 1. The van der Waals surface area contributed by atoms with Crippen LogP contribution in [0, 0.1) is 17.0 Å². The Hall–Kier alpha value is -1.13. The molecule has 1 aromatic rings. The van der Waals surface area contributed by atoms with Gasteiger partial charge in [-0.05, 0) is 13.0 Å². The third kappa shape index (κ3) is 2.21. The summed E-state index contributed by atoms with van der Waals surface area (Å²) in [5.41, 5.74) is 1.03. The van der Waals surface area contributed by atoms with E-state index in [1.165, 1.54) is 6.07 Å². The normalized spacial score (nSPS) is 12.5. The van der Waals surface area contributed by atoms with Gasteiger partial charge in [0, 0.05) is 6.07 Å². The Morgan fingerprint density at radius 2 is 2.29 bits per heavy atom. The minimum atomic E-state index is -0.989. The molecular formula is C9H10ClNO3. The van der Waals surface area contributed by atoms with Crippen molar-refractivity contribution in [2.45, 2.75) is 13.0 Å². The molecule has 1 unspecified atom stereocenters. The van der Waals surface area contributed by atoms with Gasteiger partial charge in [0.05, 0.1) is 22.5 Å². The van der Waals surface area contributed by atoms with Crippen LogP contribution in [0.1, 0.15) is 17.2 Å². The Labute approximate surface area is 86.3 Å². The van der Waals surface area contributed by atoms with Crippen LogP contribution < -0.4 is 0 Å². The third-order valence-corrected chi connectivity index (χ3v) is 2.18. The number of aliphatic hydroxyl groups excluding tert-OH is 1. The second-order valence-electron chi connectivity index (χ2n) is 2.99. The Morgan fingerprint density at radius 1 is 1.64 bits per heavy atom. The number of nitro benzene ring substituents is 1. The van der Waals surface area contributed by atoms with Gasteiger partial charge in [0.1, 0.15) is 0 Å². The standard InChI is InChI=1S/C9H10ClNO3/c1-6-2-3-8(11(13)14)7(4-6)9(12)5-10/h2-4,9,12H,5H2,1H3. The van der Waals surface area contributed by atoms with Crippen LogP contribution in [0.2, 0.25) is 0 Å². The van der Waals surface area contributed by atoms with Crippen LogP contribution in [0.15, 0.2) is 18.2 Å². The summed E-state index contributed by atoms with van der Waals surface area (Å²) in [5.74, 6) is -0.0513. The van der Waals surface area contributed by atoms with E-state index in [-0.39, 0.29) is 17.1 Å². The average molecular weight is 216 g/mol. The predicted octanol–water partition coefficient (Wildman–Crippen LogP) is 2.18. The molecule has 1 N–H and O–H groups in total. The number of nitrogens with zero attached hydrogens (tertiary/aromatic N) is 1. The number of aryl methyl sites for hydroxylation is 1. The van der Waals surface area contributed by atoms with Gasteiger partial charge in [-0.3, -0.25) is 10.1 Å². The van der Waals surface area contributed by atoms with Crippen molar-refractivity contribution in [1.29, 1.82) is 0 Å². The van der Waals surface area contributed by atoms with Gasteiger partial charge in [0.25, 0.3) is 5.69 Å². The summed E-state index contributed by atoms with van der Waals surface area (Å²) in [4.78, 5) is 10.1. The first-order chi connectivity index (χ1) is 6.56. The molecule has 5 heteroatoms. The monoisotopic (exact) mass is 215 g/mol. The van der Waals surface area contributed by atoms with Crippen LogP contribution in [-0.4, -0.2) is 15.9 Å². The van der Waals surface area contributed by atoms with Gasteiger partial charge in [-0.1, -0.05) is 11.6 Å². The summed E-state index contributed by atoms with van der Waals surface area (Å²) in [5, 5.41) is 20.1. The van der Waals surface area contributed by atoms with Gasteiger partial charge in [-0.2, -0.15) is 0 Å². The van der Waals surface area contributed by atoms with Gasteiger partial charge in [-0.15, -0.1) is 11.6 Å². The highest BCUT2D eigenvalue weighted by Gasteiger charge is 2.19. The van der Waals surface area contributed by atoms with Gasteiger partial charge < -0.3 is 5.11 Å². The number of nitro groups is 1. The molecule has 4 nitrogen and oxygen atoms in total. The highest BCUT2D eigenvalue weighted by Crippen LogP contribution is 2.26. The smallest absolute Gasteiger partial charge is 0.275 e. The van der Waals surface area contributed by atoms with E-state index in [2.05, 4.69) is 0 Å². The van der Waals surface area contributed by atoms with E-state index in [0.717, 1.165) is 5.56 Å². The summed E-state index contributed by atoms with van der Waals surface area (Å²) < 4.78 is 0. The molecule has 0 fully saturated rings. The average Bonchev–Trinajstić information content (AvgIpc) is 2.16. The maximum absolute atomic E-state index is 10.6. The van der Waals surface area contributed by atoms with E-state index >= 15 is 0 Å². The van der Waals surface area contributed by atoms with E-state index in [0.29, 0.717) is 0 Å². The maximum Gasteiger partial charge on any atom is 0.275 e. The lowest BCUT2D eigenvalue weighted by Crippen LogP contribution is -2.03. The van der Waals surface area contributed by atoms with Gasteiger partial charge in [0.2, 0.25) is 0 Å². The molecule has 1 atom stereocenters. The van der Waals surface area contributed by atoms with E-state index < -0.39 is 11.0 Å². The molecule has 1 rings (SSSR count). The largest absolute Gasteiger partial charge is 0.387 e. The quantitative estimate of drug-likeness (QED) is 0.478. The summed E-state index contributed by atoms with van der Waals surface area (Å²) >= 11 is 5.44. The van der Waals surface area contributed by atoms with E-state index in [4.69, 9.17) is 11.6 Å². The first-order valence-corrected chi connectivity index (χ1v) is 4.58. The lowest BCUT2D eigenvalue weighted by molar-refractivity contribution is -0.386. The van der Waals surface area contributed by atoms with Crippen molar-refractivity contribution in [3.05, 3.63) is 39.4 Å². The molecule has 0 aliphatic carbocycles. The molecule has 14 heavy (non-hydrogen) atoms. The van der Waals surface area contributed by atoms with Crippen molar-refractivity contribution in [2.75, 3.05) is 5.88 Å². The lowest BCUT2D eigenvalue weighted by Gasteiger charge is -2.08. The summed E-state index contributed by atoms with van der Waals surface area (Å²) in [6.45, 7) is 1.80. The van der Waals surface area contributed by atoms with Crippen molar-refractivity contribution in [1.82, 2.24) is 0 Å². The maximum atomic E-state index is 10.6. The van der Waals surface area contributed by atoms with Crippen molar-refractivity contribution in [3.8, 4) is 0 Å². The molecule has 0 heterocycles. The second kappa shape index (κ2) is 4.39. The van der Waals surface area contributed by atoms with Crippen LogP contribution in [0.5, 0.6) is 0 Å². The van der Waals surface area contributed by atoms with Crippen LogP contribution in [0.3, 0.4) is 0 Å². The van der Waals surface area contributed by atoms with E-state index in [1.807, 2.05) is 0 Å². The van der Waals surface area contributed by atoms with Gasteiger partial charge in [0.15, 0.2) is 0 Å². The lowest BCUT2D eigenvalue weighted by atomic mass is 10.1. The third-order valence-electron chi connectivity index (χ3n) is 1.88. The van der Waals surface area contributed by atoms with Gasteiger partial charge >= 0.3 is 0 Å². The molecule has 76 valence electrons. The van der Waals surface area contributed by atoms with Crippen LogP contribution in [0.4, 0.5) is 5.69 Å². The molecule has 0 amide bonds. The fourth-order valence-corrected chi connectivity index (χ4v) is 1.36. The Kier molecular flexibility index (Phi) is 3.43. The molecule has 1 aromatic carbocycles. The van der Waals surface area contributed by atoms with Crippen LogP contribution >= 0.6 is 11.6 Å². The minimum absolute atomic E-state index is 0.0513. The van der Waals surface area contributed by atoms with Crippen molar-refractivity contribution < 1.29 is 10.0 Å². The zero-order valence-corrected chi connectivity index (χ0v) is 8.36. The van der Waals surface area contributed by atoms with Crippen LogP contribution in [-0.2, 0) is 0 Å². The van der Waals surface area contributed by atoms with Crippen LogP contribution in [0.25, 0.3) is 0 Å². The zero-order valence-electron chi connectivity index (χ0n) is 7.61. The SMILES string of the molecule is Cc1ccc([N+](=O)[O-])c(C(O)CCl)c1. The molecule has 0 bridgehead atoms. The van der Waals surface area contributed by atoms with Gasteiger partial charge in [-0.25, -0.2) is 0 Å². The van der Waals surface area contributed by atoms with E-state index in [9.17, 15) is 15.2 Å². The molecule has 0 aliphatic heterocycles. The summed E-state index contributed by atoms with van der Waals surface area (Å²) in [6, 6.07) is 4.58. The Morgan fingerprint density at radius 3 is 2.79 bits per heavy atom. The van der Waals surface area contributed by atoms with Crippen molar-refractivity contribution in [2.24, 2.45) is 0 Å². The topological polar surface area (TPSA) is 63.4 Å². The summed E-state index contributed by atoms with van der Waals surface area (Å²) in [7, 11) is 0. The molecular weight excluding hydrogens is 206 g/mol.